The fraction of sp³-hybridized carbons (Fsp3) is 0.500. The third kappa shape index (κ3) is 4.02. The minimum absolute atomic E-state index is 0.113. The van der Waals surface area contributed by atoms with E-state index in [4.69, 9.17) is 0 Å². The molecule has 1 aromatic carbocycles. The second-order valence-electron chi connectivity index (χ2n) is 5.35. The van der Waals surface area contributed by atoms with Gasteiger partial charge in [-0.2, -0.15) is 0 Å². The Kier molecular flexibility index (Phi) is 4.94. The molecule has 2 nitrogen and oxygen atoms in total. The van der Waals surface area contributed by atoms with Crippen LogP contribution in [0.15, 0.2) is 30.8 Å². The number of benzene rings is 1. The van der Waals surface area contributed by atoms with Gasteiger partial charge in [0.2, 0.25) is 0 Å². The maximum absolute atomic E-state index is 9.53. The lowest BCUT2D eigenvalue weighted by Crippen LogP contribution is -2.35. The second kappa shape index (κ2) is 6.49. The van der Waals surface area contributed by atoms with Crippen molar-refractivity contribution in [1.29, 1.82) is 0 Å². The van der Waals surface area contributed by atoms with Gasteiger partial charge >= 0.3 is 0 Å². The number of rotatable bonds is 4. The van der Waals surface area contributed by atoms with Crippen LogP contribution in [0.1, 0.15) is 32.3 Å². The number of hydrogen-bond donors (Lipinski definition) is 1. The highest BCUT2D eigenvalue weighted by Crippen LogP contribution is 2.30. The molecule has 1 aromatic rings. The SMILES string of the molecule is C=C(SC(C)C)c1ccc(N2CCC(O)CC2)cc1. The number of nitrogens with zero attached hydrogens (tertiary/aromatic N) is 1. The molecular weight excluding hydrogens is 254 g/mol. The molecule has 0 aromatic heterocycles. The van der Waals surface area contributed by atoms with Crippen molar-refractivity contribution in [2.45, 2.75) is 38.0 Å². The number of piperidine rings is 1. The van der Waals surface area contributed by atoms with Crippen molar-refractivity contribution < 1.29 is 5.11 Å². The Bertz CT molecular complexity index is 419. The van der Waals surface area contributed by atoms with Gasteiger partial charge in [0.1, 0.15) is 0 Å². The predicted molar refractivity (Wildman–Crippen MR) is 85.7 cm³/mol. The van der Waals surface area contributed by atoms with Crippen LogP contribution in [0, 0.1) is 0 Å². The van der Waals surface area contributed by atoms with Gasteiger partial charge in [0.15, 0.2) is 0 Å². The van der Waals surface area contributed by atoms with Crippen LogP contribution in [0.25, 0.3) is 4.91 Å². The summed E-state index contributed by atoms with van der Waals surface area (Å²) in [5.41, 5.74) is 2.46. The van der Waals surface area contributed by atoms with Crippen molar-refractivity contribution in [2.24, 2.45) is 0 Å². The Labute approximate surface area is 120 Å². The highest BCUT2D eigenvalue weighted by atomic mass is 32.2. The first-order valence-corrected chi connectivity index (χ1v) is 7.83. The minimum Gasteiger partial charge on any atom is -0.393 e. The summed E-state index contributed by atoms with van der Waals surface area (Å²) in [5, 5.41) is 10.1. The topological polar surface area (TPSA) is 23.5 Å². The smallest absolute Gasteiger partial charge is 0.0574 e. The van der Waals surface area contributed by atoms with Gasteiger partial charge in [-0.1, -0.05) is 32.6 Å². The molecule has 0 unspecified atom stereocenters. The van der Waals surface area contributed by atoms with E-state index in [0.29, 0.717) is 5.25 Å². The van der Waals surface area contributed by atoms with E-state index < -0.39 is 0 Å². The summed E-state index contributed by atoms with van der Waals surface area (Å²) >= 11 is 1.81. The Hall–Kier alpha value is -0.930. The van der Waals surface area contributed by atoms with Crippen molar-refractivity contribution in [3.63, 3.8) is 0 Å². The van der Waals surface area contributed by atoms with Crippen molar-refractivity contribution >= 4 is 22.4 Å². The van der Waals surface area contributed by atoms with E-state index in [9.17, 15) is 5.11 Å². The zero-order valence-electron chi connectivity index (χ0n) is 11.8. The normalized spacial score (nSPS) is 16.9. The lowest BCUT2D eigenvalue weighted by molar-refractivity contribution is 0.145. The first-order valence-electron chi connectivity index (χ1n) is 6.95. The van der Waals surface area contributed by atoms with Crippen molar-refractivity contribution in [1.82, 2.24) is 0 Å². The van der Waals surface area contributed by atoms with Gasteiger partial charge in [0, 0.05) is 28.9 Å². The zero-order chi connectivity index (χ0) is 13.8. The Morgan fingerprint density at radius 2 is 1.84 bits per heavy atom. The average molecular weight is 277 g/mol. The summed E-state index contributed by atoms with van der Waals surface area (Å²) in [5.74, 6) is 0. The van der Waals surface area contributed by atoms with Crippen LogP contribution in [-0.4, -0.2) is 29.5 Å². The molecule has 0 aliphatic carbocycles. The van der Waals surface area contributed by atoms with Crippen LogP contribution in [-0.2, 0) is 0 Å². The maximum atomic E-state index is 9.53. The molecule has 2 rings (SSSR count). The molecule has 1 saturated heterocycles. The molecular formula is C16H23NOS. The summed E-state index contributed by atoms with van der Waals surface area (Å²) in [6, 6.07) is 8.63. The summed E-state index contributed by atoms with van der Waals surface area (Å²) in [6.07, 6.45) is 1.63. The number of thioether (sulfide) groups is 1. The predicted octanol–water partition coefficient (Wildman–Crippen LogP) is 3.76. The third-order valence-electron chi connectivity index (χ3n) is 3.40. The summed E-state index contributed by atoms with van der Waals surface area (Å²) < 4.78 is 0. The molecule has 0 spiro atoms. The van der Waals surface area contributed by atoms with E-state index in [-0.39, 0.29) is 6.10 Å². The largest absolute Gasteiger partial charge is 0.393 e. The van der Waals surface area contributed by atoms with Crippen molar-refractivity contribution in [2.75, 3.05) is 18.0 Å². The molecule has 0 radical (unpaired) electrons. The molecule has 19 heavy (non-hydrogen) atoms. The first-order chi connectivity index (χ1) is 9.06. The monoisotopic (exact) mass is 277 g/mol. The lowest BCUT2D eigenvalue weighted by atomic mass is 10.1. The van der Waals surface area contributed by atoms with Crippen LogP contribution in [0.3, 0.4) is 0 Å². The highest BCUT2D eigenvalue weighted by molar-refractivity contribution is 8.08. The van der Waals surface area contributed by atoms with Crippen LogP contribution < -0.4 is 4.90 Å². The Morgan fingerprint density at radius 1 is 1.26 bits per heavy atom. The van der Waals surface area contributed by atoms with Gasteiger partial charge in [0.25, 0.3) is 0 Å². The van der Waals surface area contributed by atoms with Crippen molar-refractivity contribution in [3.8, 4) is 0 Å². The van der Waals surface area contributed by atoms with Gasteiger partial charge < -0.3 is 10.0 Å². The molecule has 0 bridgehead atoms. The van der Waals surface area contributed by atoms with E-state index in [1.165, 1.54) is 11.3 Å². The second-order valence-corrected chi connectivity index (χ2v) is 7.03. The van der Waals surface area contributed by atoms with Gasteiger partial charge in [0.05, 0.1) is 6.10 Å². The fourth-order valence-corrected chi connectivity index (χ4v) is 3.18. The molecule has 0 amide bonds. The zero-order valence-corrected chi connectivity index (χ0v) is 12.6. The molecule has 104 valence electrons. The van der Waals surface area contributed by atoms with Crippen LogP contribution in [0.4, 0.5) is 5.69 Å². The van der Waals surface area contributed by atoms with Crippen LogP contribution >= 0.6 is 11.8 Å². The van der Waals surface area contributed by atoms with E-state index in [1.807, 2.05) is 11.8 Å². The molecule has 1 heterocycles. The average Bonchev–Trinajstić information content (AvgIpc) is 2.39. The standard InChI is InChI=1S/C16H23NOS/c1-12(2)19-13(3)14-4-6-15(7-5-14)17-10-8-16(18)9-11-17/h4-7,12,16,18H,3,8-11H2,1-2H3. The fourth-order valence-electron chi connectivity index (χ4n) is 2.33. The van der Waals surface area contributed by atoms with Gasteiger partial charge in [-0.15, -0.1) is 11.8 Å². The molecule has 3 heteroatoms. The van der Waals surface area contributed by atoms with Crippen LogP contribution in [0.2, 0.25) is 0 Å². The highest BCUT2D eigenvalue weighted by Gasteiger charge is 2.17. The molecule has 1 fully saturated rings. The molecule has 0 atom stereocenters. The lowest BCUT2D eigenvalue weighted by Gasteiger charge is -2.31. The first kappa shape index (κ1) is 14.5. The number of aliphatic hydroxyl groups is 1. The number of hydrogen-bond acceptors (Lipinski definition) is 3. The van der Waals surface area contributed by atoms with Gasteiger partial charge in [-0.3, -0.25) is 0 Å². The number of anilines is 1. The van der Waals surface area contributed by atoms with Crippen molar-refractivity contribution in [3.05, 3.63) is 36.4 Å². The molecule has 0 saturated carbocycles. The molecule has 1 N–H and O–H groups in total. The maximum Gasteiger partial charge on any atom is 0.0574 e. The van der Waals surface area contributed by atoms with Gasteiger partial charge in [-0.05, 0) is 30.5 Å². The summed E-state index contributed by atoms with van der Waals surface area (Å²) in [4.78, 5) is 3.48. The van der Waals surface area contributed by atoms with E-state index in [1.54, 1.807) is 0 Å². The Balaban J connectivity index is 2.00. The number of aliphatic hydroxyl groups excluding tert-OH is 1. The Morgan fingerprint density at radius 3 is 2.37 bits per heavy atom. The summed E-state index contributed by atoms with van der Waals surface area (Å²) in [7, 11) is 0. The quantitative estimate of drug-likeness (QED) is 0.906. The van der Waals surface area contributed by atoms with Crippen LogP contribution in [0.5, 0.6) is 0 Å². The summed E-state index contributed by atoms with van der Waals surface area (Å²) in [6.45, 7) is 10.4. The minimum atomic E-state index is -0.113. The molecule has 1 aliphatic rings. The molecule has 1 aliphatic heterocycles. The van der Waals surface area contributed by atoms with E-state index in [0.717, 1.165) is 30.8 Å². The van der Waals surface area contributed by atoms with E-state index in [2.05, 4.69) is 49.6 Å². The van der Waals surface area contributed by atoms with Gasteiger partial charge in [-0.25, -0.2) is 0 Å². The van der Waals surface area contributed by atoms with E-state index >= 15 is 0 Å². The third-order valence-corrected chi connectivity index (χ3v) is 4.39.